The number of hydrogen-bond acceptors (Lipinski definition) is 3. The fraction of sp³-hybridized carbons (Fsp3) is 0.846. The Kier molecular flexibility index (Phi) is 6.99. The van der Waals surface area contributed by atoms with Crippen LogP contribution in [-0.4, -0.2) is 56.8 Å². The fourth-order valence-corrected chi connectivity index (χ4v) is 3.66. The Labute approximate surface area is 117 Å². The lowest BCUT2D eigenvalue weighted by atomic mass is 9.98. The lowest BCUT2D eigenvalue weighted by Crippen LogP contribution is -2.46. The molecule has 0 aromatic carbocycles. The highest BCUT2D eigenvalue weighted by atomic mass is 32.2. The molecule has 1 N–H and O–H groups in total. The van der Waals surface area contributed by atoms with E-state index in [2.05, 4.69) is 18.8 Å². The largest absolute Gasteiger partial charge is 0.316 e. The second-order valence-electron chi connectivity index (χ2n) is 5.12. The lowest BCUT2D eigenvalue weighted by Gasteiger charge is -2.33. The molecule has 1 saturated heterocycles. The summed E-state index contributed by atoms with van der Waals surface area (Å²) in [5.74, 6) is 0.600. The summed E-state index contributed by atoms with van der Waals surface area (Å²) >= 11 is 0. The Morgan fingerprint density at radius 3 is 2.58 bits per heavy atom. The van der Waals surface area contributed by atoms with E-state index < -0.39 is 10.2 Å². The van der Waals surface area contributed by atoms with Crippen molar-refractivity contribution in [3.63, 3.8) is 0 Å². The molecule has 0 bridgehead atoms. The van der Waals surface area contributed by atoms with E-state index in [1.165, 1.54) is 4.31 Å². The van der Waals surface area contributed by atoms with Crippen LogP contribution in [0.25, 0.3) is 0 Å². The summed E-state index contributed by atoms with van der Waals surface area (Å²) in [6.07, 6.45) is 4.63. The van der Waals surface area contributed by atoms with Crippen LogP contribution < -0.4 is 5.32 Å². The summed E-state index contributed by atoms with van der Waals surface area (Å²) in [6.45, 7) is 9.39. The minimum atomic E-state index is -3.30. The number of hydrogen-bond donors (Lipinski definition) is 1. The molecule has 0 aromatic rings. The van der Waals surface area contributed by atoms with Crippen molar-refractivity contribution in [1.82, 2.24) is 13.9 Å². The van der Waals surface area contributed by atoms with E-state index in [1.54, 1.807) is 17.4 Å². The predicted molar refractivity (Wildman–Crippen MR) is 79.2 cm³/mol. The predicted octanol–water partition coefficient (Wildman–Crippen LogP) is 1.06. The zero-order valence-electron chi connectivity index (χ0n) is 12.1. The summed E-state index contributed by atoms with van der Waals surface area (Å²) < 4.78 is 27.4. The van der Waals surface area contributed by atoms with Crippen LogP contribution in [0.3, 0.4) is 0 Å². The molecule has 0 aliphatic carbocycles. The van der Waals surface area contributed by atoms with Crippen LogP contribution in [0.1, 0.15) is 26.2 Å². The SMILES string of the molecule is C=CCN(C)S(=O)(=O)N1CCC(CNCCC)CC1. The van der Waals surface area contributed by atoms with Crippen molar-refractivity contribution in [2.24, 2.45) is 5.92 Å². The standard InChI is InChI=1S/C13H27N3O2S/c1-4-8-14-12-13-6-10-16(11-7-13)19(17,18)15(3)9-5-2/h5,13-14H,2,4,6-12H2,1,3H3. The Morgan fingerprint density at radius 1 is 1.42 bits per heavy atom. The minimum Gasteiger partial charge on any atom is -0.316 e. The average molecular weight is 289 g/mol. The Balaban J connectivity index is 2.42. The first kappa shape index (κ1) is 16.6. The van der Waals surface area contributed by atoms with Crippen molar-refractivity contribution in [3.8, 4) is 0 Å². The summed E-state index contributed by atoms with van der Waals surface area (Å²) in [5.41, 5.74) is 0. The first-order valence-electron chi connectivity index (χ1n) is 7.05. The number of piperidine rings is 1. The summed E-state index contributed by atoms with van der Waals surface area (Å²) in [4.78, 5) is 0. The Morgan fingerprint density at radius 2 is 2.05 bits per heavy atom. The van der Waals surface area contributed by atoms with Crippen LogP contribution >= 0.6 is 0 Å². The van der Waals surface area contributed by atoms with Gasteiger partial charge in [-0.1, -0.05) is 13.0 Å². The third-order valence-electron chi connectivity index (χ3n) is 3.54. The van der Waals surface area contributed by atoms with Crippen LogP contribution in [0.4, 0.5) is 0 Å². The van der Waals surface area contributed by atoms with Gasteiger partial charge in [0.1, 0.15) is 0 Å². The van der Waals surface area contributed by atoms with E-state index in [0.29, 0.717) is 25.6 Å². The van der Waals surface area contributed by atoms with Gasteiger partial charge < -0.3 is 5.32 Å². The monoisotopic (exact) mass is 289 g/mol. The first-order chi connectivity index (χ1) is 9.02. The lowest BCUT2D eigenvalue weighted by molar-refractivity contribution is 0.256. The highest BCUT2D eigenvalue weighted by molar-refractivity contribution is 7.86. The van der Waals surface area contributed by atoms with Crippen molar-refractivity contribution < 1.29 is 8.42 Å². The second-order valence-corrected chi connectivity index (χ2v) is 7.16. The summed E-state index contributed by atoms with van der Waals surface area (Å²) in [5, 5.41) is 3.41. The van der Waals surface area contributed by atoms with Gasteiger partial charge in [-0.3, -0.25) is 0 Å². The molecule has 112 valence electrons. The Hall–Kier alpha value is -0.430. The van der Waals surface area contributed by atoms with Gasteiger partial charge in [-0.15, -0.1) is 6.58 Å². The zero-order valence-corrected chi connectivity index (χ0v) is 13.0. The van der Waals surface area contributed by atoms with E-state index in [-0.39, 0.29) is 0 Å². The van der Waals surface area contributed by atoms with Gasteiger partial charge in [-0.05, 0) is 38.3 Å². The Bertz CT molecular complexity index is 362. The van der Waals surface area contributed by atoms with E-state index >= 15 is 0 Å². The molecule has 0 aromatic heterocycles. The fourth-order valence-electron chi connectivity index (χ4n) is 2.30. The van der Waals surface area contributed by atoms with Crippen LogP contribution in [0, 0.1) is 5.92 Å². The highest BCUT2D eigenvalue weighted by Crippen LogP contribution is 2.20. The van der Waals surface area contributed by atoms with Crippen LogP contribution in [0.2, 0.25) is 0 Å². The molecular weight excluding hydrogens is 262 g/mol. The number of nitrogens with one attached hydrogen (secondary N) is 1. The summed E-state index contributed by atoms with van der Waals surface area (Å²) in [7, 11) is -1.69. The molecule has 0 spiro atoms. The zero-order chi connectivity index (χ0) is 14.3. The smallest absolute Gasteiger partial charge is 0.282 e. The van der Waals surface area contributed by atoms with E-state index in [9.17, 15) is 8.42 Å². The van der Waals surface area contributed by atoms with Crippen LogP contribution in [0.5, 0.6) is 0 Å². The van der Waals surface area contributed by atoms with Crippen molar-refractivity contribution in [1.29, 1.82) is 0 Å². The molecule has 1 fully saturated rings. The van der Waals surface area contributed by atoms with Gasteiger partial charge in [0.05, 0.1) is 0 Å². The number of likely N-dealkylation sites (N-methyl/N-ethyl adjacent to an activating group) is 1. The molecular formula is C13H27N3O2S. The quantitative estimate of drug-likeness (QED) is 0.537. The first-order valence-corrected chi connectivity index (χ1v) is 8.45. The maximum Gasteiger partial charge on any atom is 0.282 e. The molecule has 1 heterocycles. The average Bonchev–Trinajstić information content (AvgIpc) is 2.40. The maximum absolute atomic E-state index is 12.2. The van der Waals surface area contributed by atoms with Crippen molar-refractivity contribution in [2.75, 3.05) is 39.8 Å². The van der Waals surface area contributed by atoms with Gasteiger partial charge in [-0.2, -0.15) is 17.0 Å². The molecule has 1 aliphatic rings. The van der Waals surface area contributed by atoms with Gasteiger partial charge >= 0.3 is 0 Å². The molecule has 0 unspecified atom stereocenters. The van der Waals surface area contributed by atoms with Crippen molar-refractivity contribution in [2.45, 2.75) is 26.2 Å². The van der Waals surface area contributed by atoms with Crippen LogP contribution in [-0.2, 0) is 10.2 Å². The molecule has 1 rings (SSSR count). The summed E-state index contributed by atoms with van der Waals surface area (Å²) in [6, 6.07) is 0. The maximum atomic E-state index is 12.2. The molecule has 0 saturated carbocycles. The molecule has 0 amide bonds. The molecule has 0 atom stereocenters. The van der Waals surface area contributed by atoms with Gasteiger partial charge in [-0.25, -0.2) is 0 Å². The molecule has 19 heavy (non-hydrogen) atoms. The molecule has 5 nitrogen and oxygen atoms in total. The second kappa shape index (κ2) is 7.99. The minimum absolute atomic E-state index is 0.361. The van der Waals surface area contributed by atoms with Crippen molar-refractivity contribution in [3.05, 3.63) is 12.7 Å². The van der Waals surface area contributed by atoms with Crippen molar-refractivity contribution >= 4 is 10.2 Å². The number of nitrogens with zero attached hydrogens (tertiary/aromatic N) is 2. The third-order valence-corrected chi connectivity index (χ3v) is 5.49. The third kappa shape index (κ3) is 4.87. The van der Waals surface area contributed by atoms with E-state index in [4.69, 9.17) is 0 Å². The molecule has 1 aliphatic heterocycles. The van der Waals surface area contributed by atoms with E-state index in [0.717, 1.165) is 32.4 Å². The normalized spacial score (nSPS) is 18.9. The molecule has 0 radical (unpaired) electrons. The molecule has 6 heteroatoms. The van der Waals surface area contributed by atoms with E-state index in [1.807, 2.05) is 0 Å². The van der Waals surface area contributed by atoms with Gasteiger partial charge in [0, 0.05) is 26.7 Å². The highest BCUT2D eigenvalue weighted by Gasteiger charge is 2.30. The topological polar surface area (TPSA) is 52.7 Å². The van der Waals surface area contributed by atoms with Gasteiger partial charge in [0.25, 0.3) is 10.2 Å². The van der Waals surface area contributed by atoms with Gasteiger partial charge in [0.15, 0.2) is 0 Å². The van der Waals surface area contributed by atoms with Crippen LogP contribution in [0.15, 0.2) is 12.7 Å². The van der Waals surface area contributed by atoms with Gasteiger partial charge in [0.2, 0.25) is 0 Å². The number of rotatable bonds is 8.